The maximum atomic E-state index is 12.8. The molecule has 0 aliphatic rings. The molecule has 3 N–H and O–H groups in total. The summed E-state index contributed by atoms with van der Waals surface area (Å²) in [5, 5.41) is 4.46. The zero-order valence-corrected chi connectivity index (χ0v) is 18.5. The van der Waals surface area contributed by atoms with Crippen LogP contribution < -0.4 is 15.4 Å². The number of benzene rings is 1. The molecule has 14 heteroatoms. The van der Waals surface area contributed by atoms with Gasteiger partial charge in [-0.25, -0.2) is 32.7 Å². The number of halogens is 2. The Kier molecular flexibility index (Phi) is 8.14. The Bertz CT molecular complexity index is 1110. The van der Waals surface area contributed by atoms with Crippen molar-refractivity contribution in [3.05, 3.63) is 41.7 Å². The number of nitrogens with zero attached hydrogens (tertiary/aromatic N) is 2. The molecular formula is C17H17Cl2N5O6S. The van der Waals surface area contributed by atoms with Crippen LogP contribution in [-0.4, -0.2) is 47.7 Å². The van der Waals surface area contributed by atoms with Gasteiger partial charge in [-0.15, -0.1) is 0 Å². The average molecular weight is 490 g/mol. The summed E-state index contributed by atoms with van der Waals surface area (Å²) in [6.45, 7) is 3.17. The smallest absolute Gasteiger partial charge is 0.339 e. The largest absolute Gasteiger partial charge is 0.462 e. The fourth-order valence-electron chi connectivity index (χ4n) is 2.21. The van der Waals surface area contributed by atoms with Gasteiger partial charge in [0.1, 0.15) is 4.90 Å². The number of anilines is 2. The van der Waals surface area contributed by atoms with Crippen molar-refractivity contribution in [3.8, 4) is 0 Å². The third-order valence-corrected chi connectivity index (χ3v) is 5.25. The van der Waals surface area contributed by atoms with Crippen LogP contribution in [0, 0.1) is 6.92 Å². The first-order chi connectivity index (χ1) is 14.5. The molecule has 2 rings (SSSR count). The van der Waals surface area contributed by atoms with Crippen LogP contribution in [-0.2, 0) is 19.6 Å². The number of urea groups is 1. The third-order valence-electron chi connectivity index (χ3n) is 3.48. The number of ether oxygens (including phenoxy) is 1. The number of hydrogen-bond donors (Lipinski definition) is 3. The summed E-state index contributed by atoms with van der Waals surface area (Å²) in [5.74, 6) is -1.90. The van der Waals surface area contributed by atoms with Crippen LogP contribution in [0.4, 0.5) is 16.4 Å². The number of sulfonamides is 1. The highest BCUT2D eigenvalue weighted by atomic mass is 35.5. The fourth-order valence-corrected chi connectivity index (χ4v) is 3.45. The predicted molar refractivity (Wildman–Crippen MR) is 113 cm³/mol. The van der Waals surface area contributed by atoms with Gasteiger partial charge in [0.2, 0.25) is 5.95 Å². The van der Waals surface area contributed by atoms with Crippen molar-refractivity contribution in [2.45, 2.75) is 23.6 Å². The van der Waals surface area contributed by atoms with E-state index >= 15 is 0 Å². The molecule has 0 radical (unpaired) electrons. The van der Waals surface area contributed by atoms with E-state index in [4.69, 9.17) is 27.9 Å². The SMILES string of the molecule is CCOC(=O)c1ccc(NC(=O)C(Cl)Cl)cc1S(=O)(=O)NC(=O)Nc1nccc(C)n1. The van der Waals surface area contributed by atoms with Crippen LogP contribution in [0.5, 0.6) is 0 Å². The van der Waals surface area contributed by atoms with E-state index < -0.39 is 37.7 Å². The number of hydrogen-bond acceptors (Lipinski definition) is 8. The number of carbonyl (C=O) groups excluding carboxylic acids is 3. The zero-order chi connectivity index (χ0) is 23.2. The number of amides is 3. The molecule has 1 aromatic heterocycles. The minimum absolute atomic E-state index is 0.0183. The van der Waals surface area contributed by atoms with Crippen LogP contribution in [0.2, 0.25) is 0 Å². The molecule has 0 bridgehead atoms. The molecule has 0 unspecified atom stereocenters. The van der Waals surface area contributed by atoms with E-state index in [9.17, 15) is 22.8 Å². The molecule has 0 spiro atoms. The van der Waals surface area contributed by atoms with Gasteiger partial charge in [0.15, 0.2) is 4.84 Å². The van der Waals surface area contributed by atoms with E-state index in [1.165, 1.54) is 19.2 Å². The second kappa shape index (κ2) is 10.4. The van der Waals surface area contributed by atoms with Gasteiger partial charge in [0.25, 0.3) is 15.9 Å². The lowest BCUT2D eigenvalue weighted by molar-refractivity contribution is -0.114. The normalized spacial score (nSPS) is 11.0. The van der Waals surface area contributed by atoms with E-state index in [-0.39, 0.29) is 23.8 Å². The number of esters is 1. The van der Waals surface area contributed by atoms with Gasteiger partial charge >= 0.3 is 12.0 Å². The highest BCUT2D eigenvalue weighted by Gasteiger charge is 2.27. The van der Waals surface area contributed by atoms with Crippen molar-refractivity contribution in [2.75, 3.05) is 17.2 Å². The first-order valence-electron chi connectivity index (χ1n) is 8.57. The Balaban J connectivity index is 2.37. The summed E-state index contributed by atoms with van der Waals surface area (Å²) in [4.78, 5) is 41.7. The van der Waals surface area contributed by atoms with E-state index in [2.05, 4.69) is 20.6 Å². The molecule has 0 saturated carbocycles. The number of carbonyl (C=O) groups is 3. The first kappa shape index (κ1) is 24.3. The van der Waals surface area contributed by atoms with Crippen LogP contribution in [0.3, 0.4) is 0 Å². The molecule has 0 aliphatic heterocycles. The summed E-state index contributed by atoms with van der Waals surface area (Å²) in [6, 6.07) is 3.73. The van der Waals surface area contributed by atoms with Crippen molar-refractivity contribution in [1.29, 1.82) is 0 Å². The number of alkyl halides is 2. The number of rotatable bonds is 7. The van der Waals surface area contributed by atoms with Crippen molar-refractivity contribution >= 4 is 62.8 Å². The quantitative estimate of drug-likeness (QED) is 0.394. The maximum absolute atomic E-state index is 12.8. The summed E-state index contributed by atoms with van der Waals surface area (Å²) in [5.41, 5.74) is 0.144. The minimum atomic E-state index is -4.60. The van der Waals surface area contributed by atoms with Gasteiger partial charge in [-0.3, -0.25) is 10.1 Å². The van der Waals surface area contributed by atoms with E-state index in [1.54, 1.807) is 17.7 Å². The molecule has 1 aromatic carbocycles. The highest BCUT2D eigenvalue weighted by molar-refractivity contribution is 7.90. The van der Waals surface area contributed by atoms with Gasteiger partial charge in [-0.05, 0) is 38.1 Å². The van der Waals surface area contributed by atoms with Crippen LogP contribution >= 0.6 is 23.2 Å². The molecule has 2 aromatic rings. The minimum Gasteiger partial charge on any atom is -0.462 e. The first-order valence-corrected chi connectivity index (χ1v) is 10.9. The lowest BCUT2D eigenvalue weighted by Crippen LogP contribution is -2.35. The maximum Gasteiger partial charge on any atom is 0.339 e. The summed E-state index contributed by atoms with van der Waals surface area (Å²) >= 11 is 10.9. The Morgan fingerprint density at radius 1 is 1.16 bits per heavy atom. The molecule has 31 heavy (non-hydrogen) atoms. The van der Waals surface area contributed by atoms with Gasteiger partial charge in [-0.2, -0.15) is 0 Å². The van der Waals surface area contributed by atoms with Crippen molar-refractivity contribution in [2.24, 2.45) is 0 Å². The Morgan fingerprint density at radius 2 is 1.87 bits per heavy atom. The Hall–Kier alpha value is -2.96. The van der Waals surface area contributed by atoms with Crippen LogP contribution in [0.15, 0.2) is 35.4 Å². The zero-order valence-electron chi connectivity index (χ0n) is 16.2. The second-order valence-electron chi connectivity index (χ2n) is 5.80. The summed E-state index contributed by atoms with van der Waals surface area (Å²) < 4.78 is 32.2. The Morgan fingerprint density at radius 3 is 2.48 bits per heavy atom. The van der Waals surface area contributed by atoms with Crippen LogP contribution in [0.1, 0.15) is 23.0 Å². The van der Waals surface area contributed by atoms with E-state index in [0.29, 0.717) is 5.69 Å². The molecule has 166 valence electrons. The standard InChI is InChI=1S/C17H17Cl2N5O6S/c1-3-30-15(26)11-5-4-10(22-14(25)13(18)19)8-12(11)31(28,29)24-17(27)23-16-20-7-6-9(2)21-16/h4-8,13H,3H2,1-2H3,(H,22,25)(H2,20,21,23,24,27). The molecule has 3 amide bonds. The molecule has 0 atom stereocenters. The predicted octanol–water partition coefficient (Wildman–Crippen LogP) is 2.21. The average Bonchev–Trinajstić information content (AvgIpc) is 2.67. The molecule has 0 aliphatic carbocycles. The number of aromatic nitrogens is 2. The summed E-state index contributed by atoms with van der Waals surface area (Å²) in [6.07, 6.45) is 1.37. The van der Waals surface area contributed by atoms with Crippen molar-refractivity contribution in [3.63, 3.8) is 0 Å². The van der Waals surface area contributed by atoms with Gasteiger partial charge in [0, 0.05) is 17.6 Å². The fraction of sp³-hybridized carbons (Fsp3) is 0.235. The van der Waals surface area contributed by atoms with Gasteiger partial charge in [0.05, 0.1) is 12.2 Å². The lowest BCUT2D eigenvalue weighted by Gasteiger charge is -2.14. The molecule has 0 fully saturated rings. The van der Waals surface area contributed by atoms with Crippen molar-refractivity contribution < 1.29 is 27.5 Å². The van der Waals surface area contributed by atoms with Gasteiger partial charge < -0.3 is 10.1 Å². The number of nitrogens with one attached hydrogen (secondary N) is 3. The molecule has 1 heterocycles. The van der Waals surface area contributed by atoms with Gasteiger partial charge in [-0.1, -0.05) is 23.2 Å². The molecule has 0 saturated heterocycles. The monoisotopic (exact) mass is 489 g/mol. The molecular weight excluding hydrogens is 473 g/mol. The third kappa shape index (κ3) is 6.77. The lowest BCUT2D eigenvalue weighted by atomic mass is 10.2. The Labute approximate surface area is 187 Å². The number of aryl methyl sites for hydroxylation is 1. The topological polar surface area (TPSA) is 156 Å². The van der Waals surface area contributed by atoms with E-state index in [1.807, 2.05) is 0 Å². The summed E-state index contributed by atoms with van der Waals surface area (Å²) in [7, 11) is -4.60. The second-order valence-corrected chi connectivity index (χ2v) is 8.55. The van der Waals surface area contributed by atoms with E-state index in [0.717, 1.165) is 12.1 Å². The molecule has 11 nitrogen and oxygen atoms in total. The van der Waals surface area contributed by atoms with Crippen LogP contribution in [0.25, 0.3) is 0 Å². The van der Waals surface area contributed by atoms with Crippen molar-refractivity contribution in [1.82, 2.24) is 14.7 Å². The highest BCUT2D eigenvalue weighted by Crippen LogP contribution is 2.23.